The van der Waals surface area contributed by atoms with E-state index in [1.54, 1.807) is 6.92 Å². The minimum absolute atomic E-state index is 0.0505. The summed E-state index contributed by atoms with van der Waals surface area (Å²) in [5.41, 5.74) is -0.323. The molecule has 1 aliphatic heterocycles. The third kappa shape index (κ3) is 4.31. The predicted octanol–water partition coefficient (Wildman–Crippen LogP) is 3.23. The van der Waals surface area contributed by atoms with Crippen LogP contribution in [0.15, 0.2) is 39.0 Å². The molecule has 2 N–H and O–H groups in total. The molecule has 2 heterocycles. The van der Waals surface area contributed by atoms with E-state index in [9.17, 15) is 19.5 Å². The molecule has 2 aromatic rings. The van der Waals surface area contributed by atoms with E-state index in [1.165, 1.54) is 9.58 Å². The first-order valence-corrected chi connectivity index (χ1v) is 11.7. The fraction of sp³-hybridized carbons (Fsp3) is 0.500. The zero-order valence-electron chi connectivity index (χ0n) is 19.0. The van der Waals surface area contributed by atoms with Crippen LogP contribution in [-0.2, 0) is 4.79 Å². The topological polar surface area (TPSA) is 117 Å². The molecular weight excluding hydrogens is 424 g/mol. The molecular formula is C24H30N4O5. The Morgan fingerprint density at radius 2 is 1.91 bits per heavy atom. The third-order valence-corrected chi connectivity index (χ3v) is 6.39. The van der Waals surface area contributed by atoms with E-state index < -0.39 is 17.3 Å². The quantitative estimate of drug-likeness (QED) is 0.695. The average Bonchev–Trinajstić information content (AvgIpc) is 3.24. The van der Waals surface area contributed by atoms with Crippen LogP contribution in [0, 0.1) is 0 Å². The smallest absolute Gasteiger partial charge is 0.331 e. The number of H-pyrrole nitrogens is 1. The maximum absolute atomic E-state index is 12.8. The summed E-state index contributed by atoms with van der Waals surface area (Å²) in [7, 11) is 0. The Bertz CT molecular complexity index is 1180. The lowest BCUT2D eigenvalue weighted by atomic mass is 9.94. The number of carbonyl (C=O) groups is 1. The Kier molecular flexibility index (Phi) is 6.67. The van der Waals surface area contributed by atoms with Gasteiger partial charge in [-0.05, 0) is 25.8 Å². The lowest BCUT2D eigenvalue weighted by Crippen LogP contribution is -2.36. The summed E-state index contributed by atoms with van der Waals surface area (Å²) < 4.78 is 7.05. The number of aromatic amines is 1. The van der Waals surface area contributed by atoms with Crippen LogP contribution in [0.1, 0.15) is 82.0 Å². The summed E-state index contributed by atoms with van der Waals surface area (Å²) in [5.74, 6) is 0.0514. The Hall–Kier alpha value is -3.36. The van der Waals surface area contributed by atoms with E-state index in [0.29, 0.717) is 12.4 Å². The van der Waals surface area contributed by atoms with Crippen molar-refractivity contribution in [1.82, 2.24) is 14.6 Å². The molecule has 0 unspecified atom stereocenters. The highest BCUT2D eigenvalue weighted by atomic mass is 16.5. The van der Waals surface area contributed by atoms with Gasteiger partial charge in [-0.3, -0.25) is 19.1 Å². The standard InChI is InChI=1S/C24H30N4O5/c1-3-20(29)28-18(16-12-8-9-13-19(16)33-4-2)14-17(26-28)21-22(30)25-24(32)27(23(21)31)15-10-6-5-7-11-15/h8-9,12-13,15,18,31H,3-7,10-11,14H2,1-2H3,(H,25,30,32)/t18-/m1/s1. The normalized spacial score (nSPS) is 18.9. The van der Waals surface area contributed by atoms with Crippen LogP contribution < -0.4 is 16.0 Å². The number of hydrazone groups is 1. The Morgan fingerprint density at radius 1 is 1.18 bits per heavy atom. The maximum atomic E-state index is 12.8. The number of amides is 1. The minimum Gasteiger partial charge on any atom is -0.494 e. The van der Waals surface area contributed by atoms with E-state index >= 15 is 0 Å². The largest absolute Gasteiger partial charge is 0.494 e. The van der Waals surface area contributed by atoms with Gasteiger partial charge in [0, 0.05) is 24.4 Å². The molecule has 1 amide bonds. The summed E-state index contributed by atoms with van der Waals surface area (Å²) in [5, 5.41) is 16.9. The summed E-state index contributed by atoms with van der Waals surface area (Å²) >= 11 is 0. The van der Waals surface area contributed by atoms with Gasteiger partial charge in [-0.15, -0.1) is 0 Å². The van der Waals surface area contributed by atoms with Gasteiger partial charge < -0.3 is 9.84 Å². The number of hydrogen-bond acceptors (Lipinski definition) is 6. The van der Waals surface area contributed by atoms with E-state index in [-0.39, 0.29) is 41.9 Å². The second-order valence-electron chi connectivity index (χ2n) is 8.45. The molecule has 1 saturated carbocycles. The van der Waals surface area contributed by atoms with Crippen molar-refractivity contribution in [3.05, 3.63) is 56.2 Å². The van der Waals surface area contributed by atoms with Gasteiger partial charge in [0.05, 0.1) is 18.4 Å². The van der Waals surface area contributed by atoms with Crippen molar-refractivity contribution in [3.8, 4) is 11.6 Å². The summed E-state index contributed by atoms with van der Waals surface area (Å²) in [6, 6.07) is 6.76. The van der Waals surface area contributed by atoms with Crippen molar-refractivity contribution in [2.45, 2.75) is 70.9 Å². The Balaban J connectivity index is 1.79. The molecule has 0 saturated heterocycles. The number of carbonyl (C=O) groups excluding carboxylic acids is 1. The number of nitrogens with one attached hydrogen (secondary N) is 1. The van der Waals surface area contributed by atoms with Crippen molar-refractivity contribution < 1.29 is 14.6 Å². The predicted molar refractivity (Wildman–Crippen MR) is 124 cm³/mol. The van der Waals surface area contributed by atoms with Gasteiger partial charge >= 0.3 is 5.69 Å². The van der Waals surface area contributed by atoms with Crippen LogP contribution >= 0.6 is 0 Å². The van der Waals surface area contributed by atoms with Crippen LogP contribution in [0.3, 0.4) is 0 Å². The second-order valence-corrected chi connectivity index (χ2v) is 8.45. The number of nitrogens with zero attached hydrogens (tertiary/aromatic N) is 3. The van der Waals surface area contributed by atoms with Crippen LogP contribution in [0.4, 0.5) is 0 Å². The molecule has 1 aromatic heterocycles. The summed E-state index contributed by atoms with van der Waals surface area (Å²) in [4.78, 5) is 40.5. The first-order valence-electron chi connectivity index (χ1n) is 11.7. The van der Waals surface area contributed by atoms with E-state index in [1.807, 2.05) is 31.2 Å². The van der Waals surface area contributed by atoms with Gasteiger partial charge in [0.2, 0.25) is 11.8 Å². The molecule has 2 aliphatic rings. The van der Waals surface area contributed by atoms with Crippen LogP contribution in [0.5, 0.6) is 11.6 Å². The molecule has 0 bridgehead atoms. The highest BCUT2D eigenvalue weighted by molar-refractivity contribution is 6.04. The monoisotopic (exact) mass is 454 g/mol. The Labute approximate surface area is 191 Å². The van der Waals surface area contributed by atoms with Crippen LogP contribution in [-0.4, -0.2) is 37.9 Å². The zero-order chi connectivity index (χ0) is 23.5. The van der Waals surface area contributed by atoms with Crippen LogP contribution in [0.2, 0.25) is 0 Å². The molecule has 1 aliphatic carbocycles. The van der Waals surface area contributed by atoms with E-state index in [0.717, 1.165) is 37.7 Å². The number of para-hydroxylation sites is 1. The van der Waals surface area contributed by atoms with Crippen molar-refractivity contribution in [2.24, 2.45) is 5.10 Å². The first-order chi connectivity index (χ1) is 16.0. The van der Waals surface area contributed by atoms with Crippen molar-refractivity contribution >= 4 is 11.6 Å². The molecule has 1 fully saturated rings. The number of rotatable bonds is 6. The lowest BCUT2D eigenvalue weighted by molar-refractivity contribution is -0.132. The second kappa shape index (κ2) is 9.64. The number of aromatic nitrogens is 2. The number of benzene rings is 1. The highest BCUT2D eigenvalue weighted by Crippen LogP contribution is 2.39. The SMILES string of the molecule is CCOc1ccccc1[C@H]1CC(c2c(O)n(C3CCCCC3)c(=O)[nH]c2=O)=NN1C(=O)CC. The van der Waals surface area contributed by atoms with Gasteiger partial charge in [0.15, 0.2) is 0 Å². The Morgan fingerprint density at radius 3 is 2.61 bits per heavy atom. The summed E-state index contributed by atoms with van der Waals surface area (Å²) in [6.45, 7) is 4.09. The highest BCUT2D eigenvalue weighted by Gasteiger charge is 2.37. The molecule has 9 nitrogen and oxygen atoms in total. The third-order valence-electron chi connectivity index (χ3n) is 6.39. The van der Waals surface area contributed by atoms with Crippen molar-refractivity contribution in [2.75, 3.05) is 6.61 Å². The fourth-order valence-corrected chi connectivity index (χ4v) is 4.81. The lowest BCUT2D eigenvalue weighted by Gasteiger charge is -2.25. The minimum atomic E-state index is -0.703. The molecule has 4 rings (SSSR count). The average molecular weight is 455 g/mol. The number of ether oxygens (including phenoxy) is 1. The molecule has 1 atom stereocenters. The van der Waals surface area contributed by atoms with E-state index in [4.69, 9.17) is 4.74 Å². The molecule has 0 radical (unpaired) electrons. The van der Waals surface area contributed by atoms with Gasteiger partial charge in [0.25, 0.3) is 5.56 Å². The van der Waals surface area contributed by atoms with Gasteiger partial charge in [-0.2, -0.15) is 5.10 Å². The summed E-state index contributed by atoms with van der Waals surface area (Å²) in [6.07, 6.45) is 4.97. The molecule has 9 heteroatoms. The molecule has 1 aromatic carbocycles. The zero-order valence-corrected chi connectivity index (χ0v) is 19.0. The number of aromatic hydroxyl groups is 1. The number of hydrogen-bond donors (Lipinski definition) is 2. The van der Waals surface area contributed by atoms with Gasteiger partial charge in [0.1, 0.15) is 11.3 Å². The first kappa shape index (κ1) is 22.8. The van der Waals surface area contributed by atoms with Gasteiger partial charge in [-0.1, -0.05) is 44.4 Å². The van der Waals surface area contributed by atoms with E-state index in [2.05, 4.69) is 10.1 Å². The van der Waals surface area contributed by atoms with Crippen molar-refractivity contribution in [3.63, 3.8) is 0 Å². The van der Waals surface area contributed by atoms with Crippen molar-refractivity contribution in [1.29, 1.82) is 0 Å². The maximum Gasteiger partial charge on any atom is 0.331 e. The molecule has 0 spiro atoms. The molecule has 33 heavy (non-hydrogen) atoms. The fourth-order valence-electron chi connectivity index (χ4n) is 4.81. The van der Waals surface area contributed by atoms with Crippen LogP contribution in [0.25, 0.3) is 0 Å². The van der Waals surface area contributed by atoms with Gasteiger partial charge in [-0.25, -0.2) is 9.80 Å². The molecule has 176 valence electrons.